The van der Waals surface area contributed by atoms with E-state index in [1.165, 1.54) is 12.0 Å². The van der Waals surface area contributed by atoms with E-state index in [1.807, 2.05) is 0 Å². The lowest BCUT2D eigenvalue weighted by Gasteiger charge is -2.21. The second-order valence-electron chi connectivity index (χ2n) is 6.83. The first-order valence-electron chi connectivity index (χ1n) is 7.66. The number of hydrogen-bond donors (Lipinski definition) is 2. The third-order valence-corrected chi connectivity index (χ3v) is 3.90. The average molecular weight is 334 g/mol. The first-order valence-corrected chi connectivity index (χ1v) is 7.66. The Labute approximate surface area is 140 Å². The van der Waals surface area contributed by atoms with Crippen molar-refractivity contribution in [2.24, 2.45) is 11.3 Å². The molecule has 2 rings (SSSR count). The summed E-state index contributed by atoms with van der Waals surface area (Å²) in [5.74, 6) is -1.67. The predicted molar refractivity (Wildman–Crippen MR) is 89.2 cm³/mol. The smallest absolute Gasteiger partial charge is 0.308 e. The fourth-order valence-corrected chi connectivity index (χ4v) is 2.38. The van der Waals surface area contributed by atoms with Gasteiger partial charge in [0.05, 0.1) is 18.7 Å². The molecule has 0 radical (unpaired) electrons. The topological polar surface area (TPSA) is 95.9 Å². The second kappa shape index (κ2) is 6.51. The number of nitrogens with one attached hydrogen (secondary N) is 1. The van der Waals surface area contributed by atoms with E-state index in [-0.39, 0.29) is 24.8 Å². The zero-order chi connectivity index (χ0) is 18.1. The minimum Gasteiger partial charge on any atom is -0.494 e. The monoisotopic (exact) mass is 334 g/mol. The van der Waals surface area contributed by atoms with Crippen molar-refractivity contribution < 1.29 is 24.2 Å². The van der Waals surface area contributed by atoms with Crippen LogP contribution < -0.4 is 15.0 Å². The zero-order valence-electron chi connectivity index (χ0n) is 14.3. The molecule has 0 aromatic heterocycles. The first kappa shape index (κ1) is 17.8. The SMILES string of the molecule is COc1cc(N2CC(C(=O)O)CC2=O)ccc1NC(=O)C(C)(C)C. The Hall–Kier alpha value is -2.57. The van der Waals surface area contributed by atoms with Crippen LogP contribution in [0.2, 0.25) is 0 Å². The highest BCUT2D eigenvalue weighted by Gasteiger charge is 2.35. The molecule has 1 fully saturated rings. The van der Waals surface area contributed by atoms with Gasteiger partial charge in [0.1, 0.15) is 5.75 Å². The number of anilines is 2. The second-order valence-corrected chi connectivity index (χ2v) is 6.83. The van der Waals surface area contributed by atoms with Gasteiger partial charge in [0, 0.05) is 30.1 Å². The highest BCUT2D eigenvalue weighted by atomic mass is 16.5. The van der Waals surface area contributed by atoms with E-state index in [0.29, 0.717) is 17.1 Å². The summed E-state index contributed by atoms with van der Waals surface area (Å²) >= 11 is 0. The number of hydrogen-bond acceptors (Lipinski definition) is 4. The van der Waals surface area contributed by atoms with Crippen LogP contribution in [0.15, 0.2) is 18.2 Å². The van der Waals surface area contributed by atoms with Crippen molar-refractivity contribution in [3.63, 3.8) is 0 Å². The molecular weight excluding hydrogens is 312 g/mol. The van der Waals surface area contributed by atoms with Crippen molar-refractivity contribution in [2.45, 2.75) is 27.2 Å². The van der Waals surface area contributed by atoms with Gasteiger partial charge in [-0.1, -0.05) is 20.8 Å². The molecule has 24 heavy (non-hydrogen) atoms. The lowest BCUT2D eigenvalue weighted by atomic mass is 9.95. The number of nitrogens with zero attached hydrogens (tertiary/aromatic N) is 1. The normalized spacial score (nSPS) is 17.8. The van der Waals surface area contributed by atoms with Crippen molar-refractivity contribution in [2.75, 3.05) is 23.9 Å². The first-order chi connectivity index (χ1) is 11.1. The van der Waals surface area contributed by atoms with Gasteiger partial charge >= 0.3 is 5.97 Å². The summed E-state index contributed by atoms with van der Waals surface area (Å²) < 4.78 is 5.30. The van der Waals surface area contributed by atoms with Crippen LogP contribution in [0.1, 0.15) is 27.2 Å². The largest absolute Gasteiger partial charge is 0.494 e. The molecule has 1 aliphatic rings. The van der Waals surface area contributed by atoms with Gasteiger partial charge in [0.15, 0.2) is 0 Å². The highest BCUT2D eigenvalue weighted by Crippen LogP contribution is 2.33. The lowest BCUT2D eigenvalue weighted by Crippen LogP contribution is -2.28. The molecule has 0 spiro atoms. The molecule has 0 saturated carbocycles. The van der Waals surface area contributed by atoms with E-state index in [9.17, 15) is 14.4 Å². The highest BCUT2D eigenvalue weighted by molar-refractivity contribution is 6.00. The number of benzene rings is 1. The quantitative estimate of drug-likeness (QED) is 0.879. The zero-order valence-corrected chi connectivity index (χ0v) is 14.3. The Bertz CT molecular complexity index is 678. The van der Waals surface area contributed by atoms with E-state index < -0.39 is 17.3 Å². The summed E-state index contributed by atoms with van der Waals surface area (Å²) in [7, 11) is 1.47. The van der Waals surface area contributed by atoms with Crippen molar-refractivity contribution in [3.05, 3.63) is 18.2 Å². The molecule has 7 heteroatoms. The van der Waals surface area contributed by atoms with Crippen molar-refractivity contribution in [1.29, 1.82) is 0 Å². The molecule has 1 aromatic rings. The minimum atomic E-state index is -0.980. The molecule has 130 valence electrons. The van der Waals surface area contributed by atoms with Crippen LogP contribution in [-0.2, 0) is 14.4 Å². The maximum absolute atomic E-state index is 12.1. The van der Waals surface area contributed by atoms with Gasteiger partial charge in [0.2, 0.25) is 11.8 Å². The maximum atomic E-state index is 12.1. The number of aliphatic carboxylic acids is 1. The predicted octanol–water partition coefficient (Wildman–Crippen LogP) is 2.12. The number of carbonyl (C=O) groups excluding carboxylic acids is 2. The van der Waals surface area contributed by atoms with Crippen LogP contribution >= 0.6 is 0 Å². The number of carbonyl (C=O) groups is 3. The number of carboxylic acid groups (broad SMARTS) is 1. The van der Waals surface area contributed by atoms with Crippen molar-refractivity contribution in [3.8, 4) is 5.75 Å². The minimum absolute atomic E-state index is 0.0137. The summed E-state index contributed by atoms with van der Waals surface area (Å²) in [5.41, 5.74) is 0.500. The Morgan fingerprint density at radius 3 is 2.50 bits per heavy atom. The van der Waals surface area contributed by atoms with Gasteiger partial charge in [-0.05, 0) is 12.1 Å². The molecule has 2 amide bonds. The van der Waals surface area contributed by atoms with Crippen LogP contribution in [0, 0.1) is 11.3 Å². The third-order valence-electron chi connectivity index (χ3n) is 3.90. The Balaban J connectivity index is 2.25. The van der Waals surface area contributed by atoms with E-state index in [1.54, 1.807) is 39.0 Å². The van der Waals surface area contributed by atoms with Crippen LogP contribution in [0.25, 0.3) is 0 Å². The number of amides is 2. The number of rotatable bonds is 4. The van der Waals surface area contributed by atoms with Crippen molar-refractivity contribution in [1.82, 2.24) is 0 Å². The maximum Gasteiger partial charge on any atom is 0.308 e. The lowest BCUT2D eigenvalue weighted by molar-refractivity contribution is -0.141. The molecule has 0 bridgehead atoms. The third kappa shape index (κ3) is 3.67. The van der Waals surface area contributed by atoms with Crippen LogP contribution in [0.4, 0.5) is 11.4 Å². The van der Waals surface area contributed by atoms with E-state index >= 15 is 0 Å². The molecule has 7 nitrogen and oxygen atoms in total. The summed E-state index contributed by atoms with van der Waals surface area (Å²) in [6.45, 7) is 5.54. The summed E-state index contributed by atoms with van der Waals surface area (Å²) in [5, 5.41) is 11.9. The fraction of sp³-hybridized carbons (Fsp3) is 0.471. The fourth-order valence-electron chi connectivity index (χ4n) is 2.38. The van der Waals surface area contributed by atoms with Gasteiger partial charge < -0.3 is 20.1 Å². The average Bonchev–Trinajstić information content (AvgIpc) is 2.89. The molecule has 1 unspecified atom stereocenters. The van der Waals surface area contributed by atoms with Crippen LogP contribution in [-0.4, -0.2) is 36.5 Å². The standard InChI is InChI=1S/C17H22N2O5/c1-17(2,3)16(23)18-12-6-5-11(8-13(12)24-4)19-9-10(15(21)22)7-14(19)20/h5-6,8,10H,7,9H2,1-4H3,(H,18,23)(H,21,22). The Morgan fingerprint density at radius 1 is 1.33 bits per heavy atom. The molecule has 2 N–H and O–H groups in total. The van der Waals surface area contributed by atoms with E-state index in [2.05, 4.69) is 5.32 Å². The van der Waals surface area contributed by atoms with Gasteiger partial charge in [-0.25, -0.2) is 0 Å². The van der Waals surface area contributed by atoms with Crippen LogP contribution in [0.5, 0.6) is 5.75 Å². The van der Waals surface area contributed by atoms with Crippen molar-refractivity contribution >= 4 is 29.2 Å². The molecule has 1 aromatic carbocycles. The number of methoxy groups -OCH3 is 1. The Morgan fingerprint density at radius 2 is 2.00 bits per heavy atom. The number of ether oxygens (including phenoxy) is 1. The van der Waals surface area contributed by atoms with E-state index in [0.717, 1.165) is 0 Å². The summed E-state index contributed by atoms with van der Waals surface area (Å²) in [4.78, 5) is 36.6. The molecule has 1 atom stereocenters. The van der Waals surface area contributed by atoms with E-state index in [4.69, 9.17) is 9.84 Å². The molecule has 1 aliphatic heterocycles. The molecule has 0 aliphatic carbocycles. The van der Waals surface area contributed by atoms with Gasteiger partial charge in [0.25, 0.3) is 0 Å². The van der Waals surface area contributed by atoms with Crippen LogP contribution in [0.3, 0.4) is 0 Å². The molecule has 1 saturated heterocycles. The molecule has 1 heterocycles. The summed E-state index contributed by atoms with van der Waals surface area (Å²) in [6, 6.07) is 4.95. The summed E-state index contributed by atoms with van der Waals surface area (Å²) in [6.07, 6.45) is -0.0137. The molecular formula is C17H22N2O5. The van der Waals surface area contributed by atoms with Gasteiger partial charge in [-0.15, -0.1) is 0 Å². The van der Waals surface area contributed by atoms with Gasteiger partial charge in [-0.2, -0.15) is 0 Å². The Kier molecular flexibility index (Phi) is 4.82. The number of carboxylic acids is 1. The van der Waals surface area contributed by atoms with Gasteiger partial charge in [-0.3, -0.25) is 14.4 Å².